The number of amides is 1. The average Bonchev–Trinajstić information content (AvgIpc) is 2.48. The van der Waals surface area contributed by atoms with Gasteiger partial charge in [-0.15, -0.1) is 11.8 Å². The molecule has 110 valence electrons. The minimum absolute atomic E-state index is 0.0439. The molecule has 3 N–H and O–H groups in total. The molecule has 0 unspecified atom stereocenters. The van der Waals surface area contributed by atoms with Gasteiger partial charge in [-0.2, -0.15) is 0 Å². The Labute approximate surface area is 133 Å². The average molecular weight is 321 g/mol. The van der Waals surface area contributed by atoms with Crippen molar-refractivity contribution in [2.75, 3.05) is 16.8 Å². The van der Waals surface area contributed by atoms with Gasteiger partial charge < -0.3 is 11.1 Å². The Balaban J connectivity index is 1.74. The number of hydrogen-bond acceptors (Lipinski definition) is 3. The molecule has 0 atom stereocenters. The smallest absolute Gasteiger partial charge is 0.224 e. The van der Waals surface area contributed by atoms with Crippen molar-refractivity contribution in [2.24, 2.45) is 0 Å². The number of nitrogens with two attached hydrogens (primary N) is 1. The van der Waals surface area contributed by atoms with Crippen LogP contribution in [-0.2, 0) is 4.79 Å². The van der Waals surface area contributed by atoms with Crippen LogP contribution in [0.3, 0.4) is 0 Å². The summed E-state index contributed by atoms with van der Waals surface area (Å²) in [5.41, 5.74) is 6.88. The Bertz CT molecular complexity index is 604. The van der Waals surface area contributed by atoms with Gasteiger partial charge in [0.15, 0.2) is 0 Å². The van der Waals surface area contributed by atoms with E-state index in [1.807, 2.05) is 18.2 Å². The highest BCUT2D eigenvalue weighted by atomic mass is 35.5. The number of nitrogens with one attached hydrogen (secondary N) is 1. The quantitative estimate of drug-likeness (QED) is 0.470. The summed E-state index contributed by atoms with van der Waals surface area (Å²) < 4.78 is 0. The van der Waals surface area contributed by atoms with Crippen molar-refractivity contribution < 1.29 is 4.79 Å². The summed E-state index contributed by atoms with van der Waals surface area (Å²) in [5, 5.41) is 3.35. The van der Waals surface area contributed by atoms with Crippen molar-refractivity contribution in [3.8, 4) is 0 Å². The van der Waals surface area contributed by atoms with E-state index in [1.54, 1.807) is 30.0 Å². The SMILES string of the molecule is Nc1ccc(Cl)cc1NC(=O)CCCSc1ccccc1. The predicted molar refractivity (Wildman–Crippen MR) is 90.9 cm³/mol. The van der Waals surface area contributed by atoms with Gasteiger partial charge in [-0.1, -0.05) is 29.8 Å². The molecule has 0 bridgehead atoms. The van der Waals surface area contributed by atoms with Crippen LogP contribution in [0.25, 0.3) is 0 Å². The second-order valence-corrected chi connectivity index (χ2v) is 6.15. The van der Waals surface area contributed by atoms with E-state index in [4.69, 9.17) is 17.3 Å². The van der Waals surface area contributed by atoms with E-state index < -0.39 is 0 Å². The van der Waals surface area contributed by atoms with Gasteiger partial charge in [-0.05, 0) is 42.5 Å². The number of halogens is 1. The van der Waals surface area contributed by atoms with Crippen molar-refractivity contribution in [1.29, 1.82) is 0 Å². The fourth-order valence-electron chi connectivity index (χ4n) is 1.79. The molecule has 2 rings (SSSR count). The van der Waals surface area contributed by atoms with Crippen LogP contribution in [0, 0.1) is 0 Å². The van der Waals surface area contributed by atoms with Crippen LogP contribution < -0.4 is 11.1 Å². The molecule has 0 spiro atoms. The molecule has 2 aromatic rings. The van der Waals surface area contributed by atoms with Gasteiger partial charge in [0.2, 0.25) is 5.91 Å². The Morgan fingerprint density at radius 2 is 1.95 bits per heavy atom. The van der Waals surface area contributed by atoms with E-state index in [9.17, 15) is 4.79 Å². The number of rotatable bonds is 6. The summed E-state index contributed by atoms with van der Waals surface area (Å²) in [7, 11) is 0. The highest BCUT2D eigenvalue weighted by Gasteiger charge is 2.06. The summed E-state index contributed by atoms with van der Waals surface area (Å²) in [6, 6.07) is 15.2. The van der Waals surface area contributed by atoms with Crippen molar-refractivity contribution >= 4 is 40.6 Å². The minimum Gasteiger partial charge on any atom is -0.397 e. The Hall–Kier alpha value is -1.65. The van der Waals surface area contributed by atoms with E-state index in [-0.39, 0.29) is 5.91 Å². The first-order chi connectivity index (χ1) is 10.1. The topological polar surface area (TPSA) is 55.1 Å². The fourth-order valence-corrected chi connectivity index (χ4v) is 2.83. The van der Waals surface area contributed by atoms with Crippen LogP contribution in [0.15, 0.2) is 53.4 Å². The fraction of sp³-hybridized carbons (Fsp3) is 0.188. The molecule has 0 heterocycles. The molecule has 0 saturated heterocycles. The molecule has 0 fully saturated rings. The number of thioether (sulfide) groups is 1. The van der Waals surface area contributed by atoms with E-state index in [0.29, 0.717) is 22.8 Å². The Morgan fingerprint density at radius 3 is 2.71 bits per heavy atom. The zero-order chi connectivity index (χ0) is 15.1. The molecule has 0 aromatic heterocycles. The first-order valence-corrected chi connectivity index (χ1v) is 8.04. The largest absolute Gasteiger partial charge is 0.397 e. The number of benzene rings is 2. The molecule has 21 heavy (non-hydrogen) atoms. The van der Waals surface area contributed by atoms with Gasteiger partial charge in [0.1, 0.15) is 0 Å². The van der Waals surface area contributed by atoms with Crippen LogP contribution in [0.1, 0.15) is 12.8 Å². The van der Waals surface area contributed by atoms with Crippen molar-refractivity contribution in [3.05, 3.63) is 53.6 Å². The lowest BCUT2D eigenvalue weighted by Gasteiger charge is -2.08. The molecule has 0 saturated carbocycles. The zero-order valence-corrected chi connectivity index (χ0v) is 13.1. The molecule has 0 aliphatic carbocycles. The number of hydrogen-bond donors (Lipinski definition) is 2. The van der Waals surface area contributed by atoms with Crippen molar-refractivity contribution in [1.82, 2.24) is 0 Å². The highest BCUT2D eigenvalue weighted by Crippen LogP contribution is 2.23. The summed E-state index contributed by atoms with van der Waals surface area (Å²) in [6.45, 7) is 0. The van der Waals surface area contributed by atoms with Crippen LogP contribution in [0.4, 0.5) is 11.4 Å². The number of nitrogen functional groups attached to an aromatic ring is 1. The normalized spacial score (nSPS) is 10.3. The lowest BCUT2D eigenvalue weighted by Crippen LogP contribution is -2.12. The summed E-state index contributed by atoms with van der Waals surface area (Å²) >= 11 is 7.63. The first-order valence-electron chi connectivity index (χ1n) is 6.68. The molecule has 0 radical (unpaired) electrons. The molecular weight excluding hydrogens is 304 g/mol. The summed E-state index contributed by atoms with van der Waals surface area (Å²) in [4.78, 5) is 13.1. The standard InChI is InChI=1S/C16H17ClN2OS/c17-12-8-9-14(18)15(11-12)19-16(20)7-4-10-21-13-5-2-1-3-6-13/h1-3,5-6,8-9,11H,4,7,10,18H2,(H,19,20). The van der Waals surface area contributed by atoms with Crippen molar-refractivity contribution in [3.63, 3.8) is 0 Å². The van der Waals surface area contributed by atoms with Crippen LogP contribution in [0.5, 0.6) is 0 Å². The third kappa shape index (κ3) is 5.33. The third-order valence-corrected chi connectivity index (χ3v) is 4.18. The number of carbonyl (C=O) groups is 1. The molecule has 0 aliphatic rings. The molecule has 5 heteroatoms. The maximum atomic E-state index is 11.9. The number of carbonyl (C=O) groups excluding carboxylic acids is 1. The second kappa shape index (κ2) is 7.96. The zero-order valence-electron chi connectivity index (χ0n) is 11.5. The second-order valence-electron chi connectivity index (χ2n) is 4.54. The highest BCUT2D eigenvalue weighted by molar-refractivity contribution is 7.99. The van der Waals surface area contributed by atoms with Crippen LogP contribution in [0.2, 0.25) is 5.02 Å². The molecule has 2 aromatic carbocycles. The van der Waals surface area contributed by atoms with E-state index in [0.717, 1.165) is 12.2 Å². The van der Waals surface area contributed by atoms with E-state index in [1.165, 1.54) is 4.90 Å². The first kappa shape index (κ1) is 15.7. The van der Waals surface area contributed by atoms with E-state index in [2.05, 4.69) is 17.4 Å². The molecular formula is C16H17ClN2OS. The van der Waals surface area contributed by atoms with Gasteiger partial charge in [0.25, 0.3) is 0 Å². The maximum absolute atomic E-state index is 11.9. The van der Waals surface area contributed by atoms with Gasteiger partial charge in [0.05, 0.1) is 11.4 Å². The third-order valence-electron chi connectivity index (χ3n) is 2.85. The van der Waals surface area contributed by atoms with E-state index >= 15 is 0 Å². The van der Waals surface area contributed by atoms with Gasteiger partial charge in [0, 0.05) is 16.3 Å². The summed E-state index contributed by atoms with van der Waals surface area (Å²) in [5.74, 6) is 0.861. The van der Waals surface area contributed by atoms with Crippen molar-refractivity contribution in [2.45, 2.75) is 17.7 Å². The maximum Gasteiger partial charge on any atom is 0.224 e. The Morgan fingerprint density at radius 1 is 1.19 bits per heavy atom. The molecule has 1 amide bonds. The van der Waals surface area contributed by atoms with Crippen LogP contribution in [-0.4, -0.2) is 11.7 Å². The summed E-state index contributed by atoms with van der Waals surface area (Å²) in [6.07, 6.45) is 1.28. The van der Waals surface area contributed by atoms with Gasteiger partial charge >= 0.3 is 0 Å². The van der Waals surface area contributed by atoms with Gasteiger partial charge in [-0.25, -0.2) is 0 Å². The lowest BCUT2D eigenvalue weighted by molar-refractivity contribution is -0.116. The minimum atomic E-state index is -0.0439. The lowest BCUT2D eigenvalue weighted by atomic mass is 10.2. The Kier molecular flexibility index (Phi) is 5.96. The molecule has 0 aliphatic heterocycles. The molecule has 3 nitrogen and oxygen atoms in total. The predicted octanol–water partition coefficient (Wildman–Crippen LogP) is 4.43. The monoisotopic (exact) mass is 320 g/mol. The van der Waals surface area contributed by atoms with Crippen LogP contribution >= 0.6 is 23.4 Å². The van der Waals surface area contributed by atoms with Gasteiger partial charge in [-0.3, -0.25) is 4.79 Å². The number of anilines is 2.